The van der Waals surface area contributed by atoms with Gasteiger partial charge in [-0.05, 0) is 154 Å². The summed E-state index contributed by atoms with van der Waals surface area (Å²) in [6, 6.07) is 39.3. The molecule has 6 heteroatoms. The molecular weight excluding hydrogens is 552 g/mol. The van der Waals surface area contributed by atoms with Crippen molar-refractivity contribution in [2.24, 2.45) is 0 Å². The van der Waals surface area contributed by atoms with E-state index < -0.39 is 0 Å². The Morgan fingerprint density at radius 3 is 0.956 bits per heavy atom. The first-order chi connectivity index (χ1) is 22.2. The molecule has 0 fully saturated rings. The van der Waals surface area contributed by atoms with Crippen LogP contribution in [0, 0.1) is 11.3 Å². The van der Waals surface area contributed by atoms with Crippen LogP contribution in [-0.2, 0) is 0 Å². The Kier molecular flexibility index (Phi) is 7.56. The van der Waals surface area contributed by atoms with Crippen LogP contribution in [-0.4, -0.2) is 19.9 Å². The Balaban J connectivity index is 1.50. The van der Waals surface area contributed by atoms with Gasteiger partial charge in [0.2, 0.25) is 0 Å². The summed E-state index contributed by atoms with van der Waals surface area (Å²) in [7, 11) is 0. The second-order valence-electron chi connectivity index (χ2n) is 10.5. The number of pyridine rings is 4. The molecular formula is C39H26N6. The summed E-state index contributed by atoms with van der Waals surface area (Å²) >= 11 is 0. The van der Waals surface area contributed by atoms with E-state index >= 15 is 0 Å². The molecule has 0 spiro atoms. The van der Waals surface area contributed by atoms with Crippen molar-refractivity contribution in [3.05, 3.63) is 164 Å². The highest BCUT2D eigenvalue weighted by atomic mass is 15.1. The van der Waals surface area contributed by atoms with Gasteiger partial charge in [0.15, 0.2) is 0 Å². The van der Waals surface area contributed by atoms with Gasteiger partial charge in [-0.25, -0.2) is 0 Å². The van der Waals surface area contributed by atoms with Crippen LogP contribution in [0.1, 0.15) is 5.56 Å². The summed E-state index contributed by atoms with van der Waals surface area (Å²) in [6.07, 6.45) is 14.5. The molecule has 0 aliphatic heterocycles. The van der Waals surface area contributed by atoms with Gasteiger partial charge in [-0.15, -0.1) is 0 Å². The third-order valence-corrected chi connectivity index (χ3v) is 7.66. The molecule has 7 rings (SSSR count). The molecule has 4 heterocycles. The van der Waals surface area contributed by atoms with E-state index in [2.05, 4.69) is 67.3 Å². The third kappa shape index (κ3) is 5.92. The topological polar surface area (TPSA) is 78.6 Å². The van der Waals surface area contributed by atoms with Gasteiger partial charge in [0.25, 0.3) is 0 Å². The predicted molar refractivity (Wildman–Crippen MR) is 179 cm³/mol. The van der Waals surface area contributed by atoms with Crippen LogP contribution in [0.5, 0.6) is 0 Å². The highest BCUT2D eigenvalue weighted by molar-refractivity contribution is 5.88. The number of nitrogens with zero attached hydrogens (tertiary/aromatic N) is 6. The number of hydrogen-bond donors (Lipinski definition) is 0. The lowest BCUT2D eigenvalue weighted by Crippen LogP contribution is -2.11. The van der Waals surface area contributed by atoms with E-state index in [0.29, 0.717) is 5.56 Å². The minimum atomic E-state index is 0.602. The van der Waals surface area contributed by atoms with E-state index in [1.54, 1.807) is 0 Å². The molecule has 3 aromatic carbocycles. The van der Waals surface area contributed by atoms with Crippen molar-refractivity contribution in [1.82, 2.24) is 19.9 Å². The van der Waals surface area contributed by atoms with Crippen LogP contribution in [0.3, 0.4) is 0 Å². The fraction of sp³-hybridized carbons (Fsp3) is 0. The molecule has 0 bridgehead atoms. The Morgan fingerprint density at radius 2 is 0.667 bits per heavy atom. The minimum Gasteiger partial charge on any atom is -0.310 e. The first-order valence-corrected chi connectivity index (χ1v) is 14.5. The van der Waals surface area contributed by atoms with Gasteiger partial charge in [0.1, 0.15) is 0 Å². The SMILES string of the molecule is N#Cc1ccc(N(c2cc(-c3ccncc3)cc(-c3ccncc3)c2)c2cc(-c3ccncc3)cc(-c3ccncc3)c2)cc1. The summed E-state index contributed by atoms with van der Waals surface area (Å²) in [5, 5.41) is 9.57. The normalized spacial score (nSPS) is 10.6. The summed E-state index contributed by atoms with van der Waals surface area (Å²) in [5.41, 5.74) is 11.9. The number of rotatable bonds is 7. The molecule has 0 saturated heterocycles. The second-order valence-corrected chi connectivity index (χ2v) is 10.5. The monoisotopic (exact) mass is 578 g/mol. The van der Waals surface area contributed by atoms with Crippen LogP contribution in [0.4, 0.5) is 17.1 Å². The van der Waals surface area contributed by atoms with Crippen LogP contribution in [0.2, 0.25) is 0 Å². The van der Waals surface area contributed by atoms with E-state index in [9.17, 15) is 5.26 Å². The molecule has 212 valence electrons. The largest absolute Gasteiger partial charge is 0.310 e. The molecule has 7 aromatic rings. The summed E-state index contributed by atoms with van der Waals surface area (Å²) in [5.74, 6) is 0. The molecule has 0 amide bonds. The van der Waals surface area contributed by atoms with Gasteiger partial charge < -0.3 is 4.90 Å². The van der Waals surface area contributed by atoms with Gasteiger partial charge in [0, 0.05) is 66.6 Å². The molecule has 0 aliphatic carbocycles. The van der Waals surface area contributed by atoms with E-state index in [1.807, 2.05) is 122 Å². The average molecular weight is 579 g/mol. The molecule has 45 heavy (non-hydrogen) atoms. The van der Waals surface area contributed by atoms with E-state index in [4.69, 9.17) is 0 Å². The molecule has 0 atom stereocenters. The number of aromatic nitrogens is 4. The van der Waals surface area contributed by atoms with Crippen molar-refractivity contribution >= 4 is 17.1 Å². The quantitative estimate of drug-likeness (QED) is 0.188. The zero-order valence-corrected chi connectivity index (χ0v) is 24.2. The maximum atomic E-state index is 9.57. The van der Waals surface area contributed by atoms with Crippen LogP contribution < -0.4 is 4.90 Å². The molecule has 0 aliphatic rings. The van der Waals surface area contributed by atoms with Crippen molar-refractivity contribution in [2.45, 2.75) is 0 Å². The lowest BCUT2D eigenvalue weighted by molar-refractivity contribution is 1.27. The van der Waals surface area contributed by atoms with E-state index in [-0.39, 0.29) is 0 Å². The molecule has 6 nitrogen and oxygen atoms in total. The van der Waals surface area contributed by atoms with Crippen molar-refractivity contribution in [1.29, 1.82) is 5.26 Å². The summed E-state index contributed by atoms with van der Waals surface area (Å²) < 4.78 is 0. The van der Waals surface area contributed by atoms with Crippen molar-refractivity contribution in [3.63, 3.8) is 0 Å². The van der Waals surface area contributed by atoms with Crippen LogP contribution in [0.15, 0.2) is 159 Å². The lowest BCUT2D eigenvalue weighted by Gasteiger charge is -2.28. The molecule has 4 aromatic heterocycles. The lowest BCUT2D eigenvalue weighted by atomic mass is 9.96. The predicted octanol–water partition coefficient (Wildman–Crippen LogP) is 9.28. The maximum absolute atomic E-state index is 9.57. The minimum absolute atomic E-state index is 0.602. The average Bonchev–Trinajstić information content (AvgIpc) is 3.13. The van der Waals surface area contributed by atoms with Crippen molar-refractivity contribution < 1.29 is 0 Å². The maximum Gasteiger partial charge on any atom is 0.0991 e. The number of nitriles is 1. The Labute approximate surface area is 261 Å². The fourth-order valence-corrected chi connectivity index (χ4v) is 5.46. The Hall–Kier alpha value is -6.45. The first kappa shape index (κ1) is 27.4. The van der Waals surface area contributed by atoms with Crippen LogP contribution >= 0.6 is 0 Å². The molecule has 0 N–H and O–H groups in total. The standard InChI is InChI=1S/C39H26N6/c40-27-28-1-3-37(4-2-28)45(38-23-33(29-5-13-41-14-6-29)21-34(24-38)30-7-15-42-16-8-30)39-25-35(31-9-17-43-18-10-31)22-36(26-39)32-11-19-44-20-12-32/h1-26H. The first-order valence-electron chi connectivity index (χ1n) is 14.5. The molecule has 0 unspecified atom stereocenters. The zero-order chi connectivity index (χ0) is 30.4. The summed E-state index contributed by atoms with van der Waals surface area (Å²) in [6.45, 7) is 0. The fourth-order valence-electron chi connectivity index (χ4n) is 5.46. The zero-order valence-electron chi connectivity index (χ0n) is 24.2. The van der Waals surface area contributed by atoms with Crippen molar-refractivity contribution in [3.8, 4) is 50.6 Å². The van der Waals surface area contributed by atoms with E-state index in [1.165, 1.54) is 0 Å². The van der Waals surface area contributed by atoms with Gasteiger partial charge in [-0.2, -0.15) is 5.26 Å². The van der Waals surface area contributed by atoms with Gasteiger partial charge in [-0.3, -0.25) is 19.9 Å². The Bertz CT molecular complexity index is 1850. The molecule has 0 radical (unpaired) electrons. The van der Waals surface area contributed by atoms with E-state index in [0.717, 1.165) is 61.6 Å². The smallest absolute Gasteiger partial charge is 0.0991 e. The highest BCUT2D eigenvalue weighted by Gasteiger charge is 2.18. The highest BCUT2D eigenvalue weighted by Crippen LogP contribution is 2.42. The second kappa shape index (κ2) is 12.4. The Morgan fingerprint density at radius 1 is 0.356 bits per heavy atom. The number of benzene rings is 3. The number of hydrogen-bond acceptors (Lipinski definition) is 6. The molecule has 0 saturated carbocycles. The third-order valence-electron chi connectivity index (χ3n) is 7.66. The number of anilines is 3. The van der Waals surface area contributed by atoms with Crippen LogP contribution in [0.25, 0.3) is 44.5 Å². The van der Waals surface area contributed by atoms with Gasteiger partial charge in [0.05, 0.1) is 11.6 Å². The van der Waals surface area contributed by atoms with Gasteiger partial charge >= 0.3 is 0 Å². The van der Waals surface area contributed by atoms with Crippen molar-refractivity contribution in [2.75, 3.05) is 4.90 Å². The van der Waals surface area contributed by atoms with Gasteiger partial charge in [-0.1, -0.05) is 0 Å². The summed E-state index contributed by atoms with van der Waals surface area (Å²) in [4.78, 5) is 19.2.